The molecule has 0 saturated carbocycles. The number of methoxy groups -OCH3 is 1. The van der Waals surface area contributed by atoms with Gasteiger partial charge in [-0.3, -0.25) is 4.79 Å². The van der Waals surface area contributed by atoms with E-state index in [1.165, 1.54) is 18.2 Å². The van der Waals surface area contributed by atoms with Crippen LogP contribution in [0.25, 0.3) is 11.3 Å². The largest absolute Gasteiger partial charge is 0.493 e. The molecule has 1 atom stereocenters. The van der Waals surface area contributed by atoms with Crippen molar-refractivity contribution < 1.29 is 27.9 Å². The van der Waals surface area contributed by atoms with Crippen LogP contribution < -0.4 is 14.8 Å². The number of ether oxygens (including phenoxy) is 3. The summed E-state index contributed by atoms with van der Waals surface area (Å²) in [4.78, 5) is 12.9. The van der Waals surface area contributed by atoms with Crippen LogP contribution in [-0.4, -0.2) is 37.5 Å². The van der Waals surface area contributed by atoms with Crippen LogP contribution in [-0.2, 0) is 11.3 Å². The van der Waals surface area contributed by atoms with E-state index < -0.39 is 11.7 Å². The molecule has 9 heteroatoms. The summed E-state index contributed by atoms with van der Waals surface area (Å²) in [6.45, 7) is 3.01. The van der Waals surface area contributed by atoms with Crippen molar-refractivity contribution in [2.75, 3.05) is 20.3 Å². The zero-order valence-corrected chi connectivity index (χ0v) is 19.1. The summed E-state index contributed by atoms with van der Waals surface area (Å²) in [5.74, 6) is 0.375. The summed E-state index contributed by atoms with van der Waals surface area (Å²) in [6.07, 6.45) is 2.12. The monoisotopic (exact) mass is 474 g/mol. The predicted octanol–water partition coefficient (Wildman–Crippen LogP) is 4.94. The summed E-state index contributed by atoms with van der Waals surface area (Å²) in [7, 11) is 1.56. The molecule has 7 nitrogen and oxygen atoms in total. The van der Waals surface area contributed by atoms with Gasteiger partial charge in [0.15, 0.2) is 11.5 Å². The molecule has 3 aromatic rings. The number of carbonyl (C=O) groups excluding carboxylic acids is 1. The van der Waals surface area contributed by atoms with Gasteiger partial charge in [0, 0.05) is 13.2 Å². The van der Waals surface area contributed by atoms with Gasteiger partial charge in [-0.25, -0.2) is 4.39 Å². The molecule has 1 fully saturated rings. The van der Waals surface area contributed by atoms with Gasteiger partial charge in [0.05, 0.1) is 23.8 Å². The van der Waals surface area contributed by atoms with E-state index in [0.29, 0.717) is 18.1 Å². The summed E-state index contributed by atoms with van der Waals surface area (Å²) >= 11 is 6.15. The third-order valence-corrected chi connectivity index (χ3v) is 5.73. The van der Waals surface area contributed by atoms with Gasteiger partial charge in [-0.15, -0.1) is 0 Å². The summed E-state index contributed by atoms with van der Waals surface area (Å²) in [6, 6.07) is 9.69. The second kappa shape index (κ2) is 10.2. The lowest BCUT2D eigenvalue weighted by molar-refractivity contribution is 0.0669. The maximum atomic E-state index is 14.4. The van der Waals surface area contributed by atoms with Gasteiger partial charge in [-0.05, 0) is 49.6 Å². The van der Waals surface area contributed by atoms with E-state index >= 15 is 0 Å². The first kappa shape index (κ1) is 23.1. The number of nitrogens with one attached hydrogen (secondary N) is 1. The molecule has 33 heavy (non-hydrogen) atoms. The molecule has 174 valence electrons. The molecule has 0 bridgehead atoms. The van der Waals surface area contributed by atoms with E-state index in [2.05, 4.69) is 10.5 Å². The molecule has 0 radical (unpaired) electrons. The van der Waals surface area contributed by atoms with Crippen LogP contribution in [0.1, 0.15) is 34.5 Å². The highest BCUT2D eigenvalue weighted by molar-refractivity contribution is 6.33. The van der Waals surface area contributed by atoms with Crippen molar-refractivity contribution in [1.29, 1.82) is 0 Å². The van der Waals surface area contributed by atoms with Crippen molar-refractivity contribution >= 4 is 17.5 Å². The first-order valence-corrected chi connectivity index (χ1v) is 11.0. The van der Waals surface area contributed by atoms with Gasteiger partial charge in [-0.1, -0.05) is 28.9 Å². The molecule has 2 aromatic carbocycles. The molecule has 0 spiro atoms. The second-order valence-electron chi connectivity index (χ2n) is 7.67. The Morgan fingerprint density at radius 2 is 2.15 bits per heavy atom. The number of hydrogen-bond acceptors (Lipinski definition) is 6. The minimum atomic E-state index is -0.590. The lowest BCUT2D eigenvalue weighted by Crippen LogP contribution is -2.24. The van der Waals surface area contributed by atoms with Crippen molar-refractivity contribution in [3.8, 4) is 22.8 Å². The van der Waals surface area contributed by atoms with Crippen LogP contribution in [0.15, 0.2) is 40.9 Å². The minimum absolute atomic E-state index is 0.0237. The second-order valence-corrected chi connectivity index (χ2v) is 8.08. The smallest absolute Gasteiger partial charge is 0.257 e. The fourth-order valence-electron chi connectivity index (χ4n) is 3.70. The fourth-order valence-corrected chi connectivity index (χ4v) is 3.96. The molecule has 1 aromatic heterocycles. The van der Waals surface area contributed by atoms with Gasteiger partial charge in [0.2, 0.25) is 0 Å². The number of rotatable bonds is 8. The average molecular weight is 475 g/mol. The molecule has 0 aliphatic carbocycles. The highest BCUT2D eigenvalue weighted by atomic mass is 35.5. The third kappa shape index (κ3) is 5.12. The van der Waals surface area contributed by atoms with Gasteiger partial charge in [0.1, 0.15) is 29.4 Å². The first-order chi connectivity index (χ1) is 16.0. The summed E-state index contributed by atoms with van der Waals surface area (Å²) < 4.78 is 36.4. The van der Waals surface area contributed by atoms with Gasteiger partial charge < -0.3 is 24.1 Å². The Balaban J connectivity index is 1.46. The van der Waals surface area contributed by atoms with E-state index in [1.807, 2.05) is 6.07 Å². The van der Waals surface area contributed by atoms with E-state index in [9.17, 15) is 9.18 Å². The molecule has 4 rings (SSSR count). The SMILES string of the molecule is COc1cc(CNC(=O)c2c(-c3c(F)cccc3Cl)noc2C)ccc1OCC1CCCO1. The molecule has 1 amide bonds. The van der Waals surface area contributed by atoms with Gasteiger partial charge in [-0.2, -0.15) is 0 Å². The Hall–Kier alpha value is -3.10. The Kier molecular flexibility index (Phi) is 7.15. The predicted molar refractivity (Wildman–Crippen MR) is 120 cm³/mol. The lowest BCUT2D eigenvalue weighted by Gasteiger charge is -2.15. The van der Waals surface area contributed by atoms with Crippen molar-refractivity contribution in [3.63, 3.8) is 0 Å². The van der Waals surface area contributed by atoms with Crippen LogP contribution in [0, 0.1) is 12.7 Å². The number of aromatic nitrogens is 1. The summed E-state index contributed by atoms with van der Waals surface area (Å²) in [5, 5.41) is 6.83. The van der Waals surface area contributed by atoms with E-state index in [-0.39, 0.29) is 40.3 Å². The highest BCUT2D eigenvalue weighted by Crippen LogP contribution is 2.33. The molecular formula is C24H24ClFN2O5. The van der Waals surface area contributed by atoms with Crippen LogP contribution >= 0.6 is 11.6 Å². The van der Waals surface area contributed by atoms with Crippen molar-refractivity contribution in [2.24, 2.45) is 0 Å². The molecule has 1 N–H and O–H groups in total. The third-order valence-electron chi connectivity index (χ3n) is 5.42. The maximum absolute atomic E-state index is 14.4. The van der Waals surface area contributed by atoms with Gasteiger partial charge in [0.25, 0.3) is 5.91 Å². The normalized spacial score (nSPS) is 15.5. The van der Waals surface area contributed by atoms with Crippen LogP contribution in [0.4, 0.5) is 4.39 Å². The quantitative estimate of drug-likeness (QED) is 0.498. The Labute approximate surface area is 195 Å². The van der Waals surface area contributed by atoms with Crippen molar-refractivity contribution in [1.82, 2.24) is 10.5 Å². The zero-order valence-electron chi connectivity index (χ0n) is 18.3. The number of nitrogens with zero attached hydrogens (tertiary/aromatic N) is 1. The topological polar surface area (TPSA) is 82.8 Å². The molecule has 2 heterocycles. The molecule has 1 saturated heterocycles. The standard InChI is InChI=1S/C24H24ClFN2O5/c1-14-21(23(28-33-14)22-17(25)6-3-7-18(22)26)24(29)27-12-15-8-9-19(20(11-15)30-2)32-13-16-5-4-10-31-16/h3,6-9,11,16H,4-5,10,12-13H2,1-2H3,(H,27,29). The van der Waals surface area contributed by atoms with E-state index in [4.69, 9.17) is 30.3 Å². The zero-order chi connectivity index (χ0) is 23.4. The Morgan fingerprint density at radius 3 is 2.88 bits per heavy atom. The van der Waals surface area contributed by atoms with Crippen LogP contribution in [0.5, 0.6) is 11.5 Å². The lowest BCUT2D eigenvalue weighted by atomic mass is 10.0. The number of carbonyl (C=O) groups is 1. The molecule has 1 unspecified atom stereocenters. The van der Waals surface area contributed by atoms with E-state index in [1.54, 1.807) is 26.2 Å². The van der Waals surface area contributed by atoms with Gasteiger partial charge >= 0.3 is 0 Å². The summed E-state index contributed by atoms with van der Waals surface area (Å²) in [5.41, 5.74) is 1.01. The fraction of sp³-hybridized carbons (Fsp3) is 0.333. The average Bonchev–Trinajstić information content (AvgIpc) is 3.46. The van der Waals surface area contributed by atoms with E-state index in [0.717, 1.165) is 25.0 Å². The number of halogens is 2. The van der Waals surface area contributed by atoms with Crippen molar-refractivity contribution in [2.45, 2.75) is 32.4 Å². The first-order valence-electron chi connectivity index (χ1n) is 10.6. The number of amides is 1. The number of aryl methyl sites for hydroxylation is 1. The molecule has 1 aliphatic rings. The molecule has 1 aliphatic heterocycles. The minimum Gasteiger partial charge on any atom is -0.493 e. The van der Waals surface area contributed by atoms with Crippen LogP contribution in [0.2, 0.25) is 5.02 Å². The number of benzene rings is 2. The van der Waals surface area contributed by atoms with Crippen LogP contribution in [0.3, 0.4) is 0 Å². The van der Waals surface area contributed by atoms with Crippen molar-refractivity contribution in [3.05, 3.63) is 64.1 Å². The Morgan fingerprint density at radius 1 is 1.30 bits per heavy atom. The Bertz CT molecular complexity index is 1120. The molecular weight excluding hydrogens is 451 g/mol. The highest BCUT2D eigenvalue weighted by Gasteiger charge is 2.25. The number of hydrogen-bond donors (Lipinski definition) is 1. The maximum Gasteiger partial charge on any atom is 0.257 e.